The SMILES string of the molecule is CC(C)(O)CNc1ccc(-c2sc(C(O)N3CCCC(N)C3)cc2-c2ccc(C#N)c(F)c2)cc1F. The highest BCUT2D eigenvalue weighted by Crippen LogP contribution is 2.43. The molecule has 1 aliphatic rings. The van der Waals surface area contributed by atoms with Gasteiger partial charge in [0.05, 0.1) is 16.9 Å². The van der Waals surface area contributed by atoms with E-state index >= 15 is 4.39 Å². The van der Waals surface area contributed by atoms with E-state index in [0.29, 0.717) is 39.5 Å². The van der Waals surface area contributed by atoms with E-state index in [1.54, 1.807) is 38.1 Å². The number of likely N-dealkylation sites (tertiary alicyclic amines) is 1. The lowest BCUT2D eigenvalue weighted by Crippen LogP contribution is -2.44. The normalized spacial score (nSPS) is 17.6. The van der Waals surface area contributed by atoms with Crippen molar-refractivity contribution in [2.75, 3.05) is 25.0 Å². The highest BCUT2D eigenvalue weighted by molar-refractivity contribution is 7.16. The molecule has 5 N–H and O–H groups in total. The zero-order valence-corrected chi connectivity index (χ0v) is 21.1. The second kappa shape index (κ2) is 10.6. The third-order valence-corrected chi connectivity index (χ3v) is 7.41. The molecule has 2 aromatic carbocycles. The number of nitriles is 1. The van der Waals surface area contributed by atoms with Gasteiger partial charge >= 0.3 is 0 Å². The van der Waals surface area contributed by atoms with E-state index in [9.17, 15) is 14.6 Å². The summed E-state index contributed by atoms with van der Waals surface area (Å²) in [5.74, 6) is -1.14. The van der Waals surface area contributed by atoms with Crippen LogP contribution in [0.1, 0.15) is 43.4 Å². The summed E-state index contributed by atoms with van der Waals surface area (Å²) in [6.45, 7) is 4.70. The van der Waals surface area contributed by atoms with Gasteiger partial charge in [-0.3, -0.25) is 4.90 Å². The second-order valence-corrected chi connectivity index (χ2v) is 10.9. The fraction of sp³-hybridized carbons (Fsp3) is 0.370. The largest absolute Gasteiger partial charge is 0.389 e. The first-order chi connectivity index (χ1) is 17.1. The summed E-state index contributed by atoms with van der Waals surface area (Å²) in [6.07, 6.45) is 0.894. The van der Waals surface area contributed by atoms with Crippen molar-refractivity contribution in [2.45, 2.75) is 44.6 Å². The van der Waals surface area contributed by atoms with Crippen LogP contribution in [0.2, 0.25) is 0 Å². The topological polar surface area (TPSA) is 106 Å². The third kappa shape index (κ3) is 5.91. The predicted octanol–water partition coefficient (Wildman–Crippen LogP) is 4.83. The van der Waals surface area contributed by atoms with Gasteiger partial charge in [0.1, 0.15) is 23.9 Å². The molecule has 9 heteroatoms. The first-order valence-corrected chi connectivity index (χ1v) is 12.6. The van der Waals surface area contributed by atoms with Crippen molar-refractivity contribution >= 4 is 17.0 Å². The van der Waals surface area contributed by atoms with E-state index in [2.05, 4.69) is 5.32 Å². The lowest BCUT2D eigenvalue weighted by molar-refractivity contribution is -0.0118. The molecule has 2 heterocycles. The van der Waals surface area contributed by atoms with E-state index in [1.165, 1.54) is 29.5 Å². The molecule has 1 aliphatic heterocycles. The molecule has 2 atom stereocenters. The van der Waals surface area contributed by atoms with E-state index in [4.69, 9.17) is 11.0 Å². The Morgan fingerprint density at radius 3 is 2.56 bits per heavy atom. The number of piperidine rings is 1. The molecule has 0 radical (unpaired) electrons. The van der Waals surface area contributed by atoms with Gasteiger partial charge in [-0.15, -0.1) is 11.3 Å². The molecule has 0 aliphatic carbocycles. The van der Waals surface area contributed by atoms with Crippen LogP contribution in [-0.2, 0) is 0 Å². The van der Waals surface area contributed by atoms with E-state index < -0.39 is 23.5 Å². The Morgan fingerprint density at radius 1 is 1.19 bits per heavy atom. The fourth-order valence-electron chi connectivity index (χ4n) is 4.29. The monoisotopic (exact) mass is 512 g/mol. The number of benzene rings is 2. The summed E-state index contributed by atoms with van der Waals surface area (Å²) in [6, 6.07) is 12.7. The minimum absolute atomic E-state index is 0.0158. The van der Waals surface area contributed by atoms with Gasteiger partial charge in [0.15, 0.2) is 0 Å². The maximum atomic E-state index is 15.0. The summed E-state index contributed by atoms with van der Waals surface area (Å²) in [5.41, 5.74) is 7.02. The van der Waals surface area contributed by atoms with Crippen molar-refractivity contribution in [3.63, 3.8) is 0 Å². The van der Waals surface area contributed by atoms with Crippen LogP contribution in [0.3, 0.4) is 0 Å². The quantitative estimate of drug-likeness (QED) is 0.362. The van der Waals surface area contributed by atoms with Crippen molar-refractivity contribution in [3.8, 4) is 27.6 Å². The number of anilines is 1. The number of rotatable bonds is 7. The molecule has 0 bridgehead atoms. The summed E-state index contributed by atoms with van der Waals surface area (Å²) in [7, 11) is 0. The standard InChI is InChI=1S/C27H30F2N4O2S/c1-27(2,35)15-32-23-8-7-17(11-22(23)29)25-20(16-5-6-18(13-30)21(28)10-16)12-24(36-25)26(34)33-9-3-4-19(31)14-33/h5-8,10-12,19,26,32,34-35H,3-4,9,14-15,31H2,1-2H3. The summed E-state index contributed by atoms with van der Waals surface area (Å²) in [5, 5.41) is 33.1. The molecule has 0 spiro atoms. The average Bonchev–Trinajstić information content (AvgIpc) is 3.27. The maximum Gasteiger partial charge on any atom is 0.146 e. The number of halogens is 2. The molecule has 36 heavy (non-hydrogen) atoms. The van der Waals surface area contributed by atoms with Crippen LogP contribution in [0.25, 0.3) is 21.6 Å². The molecular weight excluding hydrogens is 482 g/mol. The first kappa shape index (κ1) is 26.2. The van der Waals surface area contributed by atoms with Gasteiger partial charge in [0.25, 0.3) is 0 Å². The van der Waals surface area contributed by atoms with Crippen molar-refractivity contribution in [3.05, 3.63) is 64.5 Å². The van der Waals surface area contributed by atoms with Gasteiger partial charge in [-0.05, 0) is 68.1 Å². The lowest BCUT2D eigenvalue weighted by Gasteiger charge is -2.33. The number of nitrogens with zero attached hydrogens (tertiary/aromatic N) is 2. The Hall–Kier alpha value is -2.87. The van der Waals surface area contributed by atoms with Gasteiger partial charge in [0.2, 0.25) is 0 Å². The van der Waals surface area contributed by atoms with Crippen LogP contribution in [0.5, 0.6) is 0 Å². The van der Waals surface area contributed by atoms with Crippen molar-refractivity contribution in [1.82, 2.24) is 4.90 Å². The third-order valence-electron chi connectivity index (χ3n) is 6.18. The highest BCUT2D eigenvalue weighted by Gasteiger charge is 2.27. The van der Waals surface area contributed by atoms with Crippen LogP contribution < -0.4 is 11.1 Å². The number of hydrogen-bond donors (Lipinski definition) is 4. The number of nitrogens with two attached hydrogens (primary N) is 1. The number of thiophene rings is 1. The lowest BCUT2D eigenvalue weighted by atomic mass is 10.00. The minimum Gasteiger partial charge on any atom is -0.389 e. The minimum atomic E-state index is -1.01. The van der Waals surface area contributed by atoms with Crippen molar-refractivity contribution < 1.29 is 19.0 Å². The number of nitrogens with one attached hydrogen (secondary N) is 1. The molecule has 0 amide bonds. The fourth-order valence-corrected chi connectivity index (χ4v) is 5.49. The maximum absolute atomic E-state index is 15.0. The number of aliphatic hydroxyl groups is 2. The van der Waals surface area contributed by atoms with Crippen LogP contribution in [-0.4, -0.2) is 46.4 Å². The molecule has 1 aromatic heterocycles. The zero-order chi connectivity index (χ0) is 26.0. The molecule has 0 saturated carbocycles. The van der Waals surface area contributed by atoms with E-state index in [1.807, 2.05) is 11.0 Å². The smallest absolute Gasteiger partial charge is 0.146 e. The van der Waals surface area contributed by atoms with E-state index in [-0.39, 0.29) is 23.8 Å². The Bertz CT molecular complexity index is 1280. The molecular formula is C27H30F2N4O2S. The predicted molar refractivity (Wildman–Crippen MR) is 138 cm³/mol. The second-order valence-electron chi connectivity index (χ2n) is 9.83. The molecule has 190 valence electrons. The molecule has 3 aromatic rings. The van der Waals surface area contributed by atoms with Gasteiger partial charge in [-0.2, -0.15) is 5.26 Å². The Kier molecular flexibility index (Phi) is 7.73. The summed E-state index contributed by atoms with van der Waals surface area (Å²) >= 11 is 1.31. The van der Waals surface area contributed by atoms with Crippen LogP contribution >= 0.6 is 11.3 Å². The molecule has 4 rings (SSSR count). The Labute approximate surface area is 213 Å². The highest BCUT2D eigenvalue weighted by atomic mass is 32.1. The van der Waals surface area contributed by atoms with Crippen LogP contribution in [0.4, 0.5) is 14.5 Å². The molecule has 1 saturated heterocycles. The molecule has 6 nitrogen and oxygen atoms in total. The van der Waals surface area contributed by atoms with Gasteiger partial charge < -0.3 is 21.3 Å². The van der Waals surface area contributed by atoms with Gasteiger partial charge in [0, 0.05) is 41.0 Å². The average molecular weight is 513 g/mol. The van der Waals surface area contributed by atoms with Crippen molar-refractivity contribution in [2.24, 2.45) is 5.73 Å². The first-order valence-electron chi connectivity index (χ1n) is 11.8. The summed E-state index contributed by atoms with van der Waals surface area (Å²) < 4.78 is 29.5. The van der Waals surface area contributed by atoms with E-state index in [0.717, 1.165) is 12.8 Å². The Balaban J connectivity index is 1.74. The number of hydrogen-bond acceptors (Lipinski definition) is 7. The van der Waals surface area contributed by atoms with Crippen LogP contribution in [0, 0.1) is 23.0 Å². The molecule has 2 unspecified atom stereocenters. The summed E-state index contributed by atoms with van der Waals surface area (Å²) in [4.78, 5) is 3.22. The van der Waals surface area contributed by atoms with Crippen molar-refractivity contribution in [1.29, 1.82) is 5.26 Å². The van der Waals surface area contributed by atoms with Gasteiger partial charge in [-0.25, -0.2) is 8.78 Å². The Morgan fingerprint density at radius 2 is 1.92 bits per heavy atom. The zero-order valence-electron chi connectivity index (χ0n) is 20.3. The number of aliphatic hydroxyl groups excluding tert-OH is 1. The van der Waals surface area contributed by atoms with Gasteiger partial charge in [-0.1, -0.05) is 12.1 Å². The van der Waals surface area contributed by atoms with Crippen LogP contribution in [0.15, 0.2) is 42.5 Å². The molecule has 1 fully saturated rings.